The van der Waals surface area contributed by atoms with E-state index in [2.05, 4.69) is 6.07 Å². The molecule has 3 nitrogen and oxygen atoms in total. The Hall–Kier alpha value is -2.04. The zero-order chi connectivity index (χ0) is 18.7. The van der Waals surface area contributed by atoms with E-state index in [0.29, 0.717) is 13.1 Å². The molecular formula is C21H22ClNO2S. The van der Waals surface area contributed by atoms with Crippen LogP contribution in [0, 0.1) is 0 Å². The first kappa shape index (κ1) is 18.7. The number of nitrogens with zero attached hydrogens (tertiary/aromatic N) is 1. The maximum absolute atomic E-state index is 13.0. The Morgan fingerprint density at radius 1 is 1.15 bits per heavy atom. The van der Waals surface area contributed by atoms with Gasteiger partial charge in [-0.05, 0) is 54.4 Å². The number of hydrogen-bond acceptors (Lipinski definition) is 3. The highest BCUT2D eigenvalue weighted by Crippen LogP contribution is 2.28. The molecule has 3 rings (SSSR count). The molecule has 0 unspecified atom stereocenters. The van der Waals surface area contributed by atoms with Gasteiger partial charge in [-0.15, -0.1) is 11.3 Å². The van der Waals surface area contributed by atoms with Crippen molar-refractivity contribution < 1.29 is 9.53 Å². The summed E-state index contributed by atoms with van der Waals surface area (Å²) in [5, 5.41) is 2.21. The molecule has 3 aromatic rings. The van der Waals surface area contributed by atoms with Crippen molar-refractivity contribution in [3.63, 3.8) is 0 Å². The summed E-state index contributed by atoms with van der Waals surface area (Å²) in [7, 11) is 1.66. The van der Waals surface area contributed by atoms with Crippen molar-refractivity contribution in [2.75, 3.05) is 13.7 Å². The van der Waals surface area contributed by atoms with Crippen LogP contribution in [0.15, 0.2) is 48.5 Å². The molecule has 0 N–H and O–H groups in total. The van der Waals surface area contributed by atoms with Gasteiger partial charge in [0.1, 0.15) is 5.75 Å². The fourth-order valence-electron chi connectivity index (χ4n) is 3.03. The summed E-state index contributed by atoms with van der Waals surface area (Å²) in [6.45, 7) is 5.24. The molecule has 0 aliphatic rings. The molecule has 0 fully saturated rings. The van der Waals surface area contributed by atoms with E-state index in [0.717, 1.165) is 31.3 Å². The molecule has 5 heteroatoms. The Labute approximate surface area is 163 Å². The van der Waals surface area contributed by atoms with Gasteiger partial charge >= 0.3 is 0 Å². The van der Waals surface area contributed by atoms with Gasteiger partial charge in [0.05, 0.1) is 23.9 Å². The highest BCUT2D eigenvalue weighted by Gasteiger charge is 2.22. The van der Waals surface area contributed by atoms with Gasteiger partial charge in [0.2, 0.25) is 5.91 Å². The van der Waals surface area contributed by atoms with Crippen LogP contribution in [0.1, 0.15) is 30.2 Å². The molecule has 0 spiro atoms. The maximum atomic E-state index is 13.0. The summed E-state index contributed by atoms with van der Waals surface area (Å²) in [6.07, 6.45) is 0. The molecule has 0 aliphatic carbocycles. The fourth-order valence-corrected chi connectivity index (χ4v) is 4.13. The molecule has 0 saturated carbocycles. The number of carbonyl (C=O) groups is 1. The van der Waals surface area contributed by atoms with Crippen molar-refractivity contribution in [3.8, 4) is 5.75 Å². The zero-order valence-electron chi connectivity index (χ0n) is 15.2. The molecule has 1 atom stereocenters. The van der Waals surface area contributed by atoms with E-state index in [4.69, 9.17) is 16.3 Å². The summed E-state index contributed by atoms with van der Waals surface area (Å²) >= 11 is 7.53. The highest BCUT2D eigenvalue weighted by molar-refractivity contribution is 7.16. The average Bonchev–Trinajstić information content (AvgIpc) is 3.08. The van der Waals surface area contributed by atoms with Gasteiger partial charge < -0.3 is 9.64 Å². The molecule has 1 aromatic heterocycles. The van der Waals surface area contributed by atoms with E-state index in [1.165, 1.54) is 11.3 Å². The predicted molar refractivity (Wildman–Crippen MR) is 109 cm³/mol. The number of thiophene rings is 1. The first-order valence-electron chi connectivity index (χ1n) is 8.62. The average molecular weight is 388 g/mol. The molecule has 0 saturated heterocycles. The van der Waals surface area contributed by atoms with Crippen LogP contribution < -0.4 is 4.74 Å². The van der Waals surface area contributed by atoms with Crippen molar-refractivity contribution in [2.24, 2.45) is 0 Å². The predicted octanol–water partition coefficient (Wildman–Crippen LogP) is 5.72. The van der Waals surface area contributed by atoms with Gasteiger partial charge in [-0.2, -0.15) is 0 Å². The van der Waals surface area contributed by atoms with E-state index in [-0.39, 0.29) is 11.8 Å². The minimum atomic E-state index is -0.197. The SMILES string of the molecule is CCN(Cc1ccc(Cl)s1)C(=O)[C@@H](C)c1ccc2cc(OC)ccc2c1. The minimum Gasteiger partial charge on any atom is -0.497 e. The van der Waals surface area contributed by atoms with Crippen LogP contribution in [-0.4, -0.2) is 24.5 Å². The van der Waals surface area contributed by atoms with Crippen LogP contribution in [0.3, 0.4) is 0 Å². The van der Waals surface area contributed by atoms with Crippen molar-refractivity contribution in [3.05, 3.63) is 63.3 Å². The summed E-state index contributed by atoms with van der Waals surface area (Å²) in [5.41, 5.74) is 1.02. The number of benzene rings is 2. The second-order valence-electron chi connectivity index (χ2n) is 6.25. The number of carbonyl (C=O) groups excluding carboxylic acids is 1. The third-order valence-electron chi connectivity index (χ3n) is 4.61. The van der Waals surface area contributed by atoms with Gasteiger partial charge in [-0.1, -0.05) is 35.9 Å². The topological polar surface area (TPSA) is 29.5 Å². The van der Waals surface area contributed by atoms with Gasteiger partial charge in [0, 0.05) is 11.4 Å². The van der Waals surface area contributed by atoms with E-state index >= 15 is 0 Å². The van der Waals surface area contributed by atoms with E-state index in [1.807, 2.05) is 61.2 Å². The standard InChI is InChI=1S/C21H22ClNO2S/c1-4-23(13-19-9-10-20(22)26-19)21(24)14(2)15-5-6-17-12-18(25-3)8-7-16(17)11-15/h5-12,14H,4,13H2,1-3H3/t14-/m0/s1. The zero-order valence-corrected chi connectivity index (χ0v) is 16.7. The number of halogens is 1. The van der Waals surface area contributed by atoms with E-state index in [1.54, 1.807) is 7.11 Å². The Balaban J connectivity index is 1.81. The lowest BCUT2D eigenvalue weighted by Crippen LogP contribution is -2.33. The lowest BCUT2D eigenvalue weighted by Gasteiger charge is -2.24. The van der Waals surface area contributed by atoms with Gasteiger partial charge in [0.25, 0.3) is 0 Å². The second kappa shape index (κ2) is 8.11. The van der Waals surface area contributed by atoms with Gasteiger partial charge in [0.15, 0.2) is 0 Å². The number of ether oxygens (including phenoxy) is 1. The molecular weight excluding hydrogens is 366 g/mol. The van der Waals surface area contributed by atoms with Crippen molar-refractivity contribution >= 4 is 39.6 Å². The first-order valence-corrected chi connectivity index (χ1v) is 9.82. The molecule has 26 heavy (non-hydrogen) atoms. The Bertz CT molecular complexity index is 921. The summed E-state index contributed by atoms with van der Waals surface area (Å²) in [4.78, 5) is 16.0. The number of amides is 1. The molecule has 0 bridgehead atoms. The molecule has 0 aliphatic heterocycles. The van der Waals surface area contributed by atoms with Crippen LogP contribution in [-0.2, 0) is 11.3 Å². The largest absolute Gasteiger partial charge is 0.497 e. The fraction of sp³-hybridized carbons (Fsp3) is 0.286. The molecule has 0 radical (unpaired) electrons. The number of methoxy groups -OCH3 is 1. The number of fused-ring (bicyclic) bond motifs is 1. The lowest BCUT2D eigenvalue weighted by molar-refractivity contribution is -0.132. The van der Waals surface area contributed by atoms with Gasteiger partial charge in [-0.3, -0.25) is 4.79 Å². The van der Waals surface area contributed by atoms with Crippen molar-refractivity contribution in [1.29, 1.82) is 0 Å². The van der Waals surface area contributed by atoms with Crippen LogP contribution in [0.2, 0.25) is 4.34 Å². The summed E-state index contributed by atoms with van der Waals surface area (Å²) in [5.74, 6) is 0.767. The molecule has 136 valence electrons. The third-order valence-corrected chi connectivity index (χ3v) is 5.83. The van der Waals surface area contributed by atoms with Crippen LogP contribution in [0.5, 0.6) is 5.75 Å². The molecule has 2 aromatic carbocycles. The lowest BCUT2D eigenvalue weighted by atomic mass is 9.96. The number of rotatable bonds is 6. The minimum absolute atomic E-state index is 0.130. The highest BCUT2D eigenvalue weighted by atomic mass is 35.5. The summed E-state index contributed by atoms with van der Waals surface area (Å²) < 4.78 is 6.02. The first-order chi connectivity index (χ1) is 12.5. The van der Waals surface area contributed by atoms with E-state index in [9.17, 15) is 4.79 Å². The van der Waals surface area contributed by atoms with Crippen molar-refractivity contribution in [1.82, 2.24) is 4.90 Å². The second-order valence-corrected chi connectivity index (χ2v) is 8.05. The van der Waals surface area contributed by atoms with Crippen LogP contribution in [0.25, 0.3) is 10.8 Å². The normalized spacial score (nSPS) is 12.2. The monoisotopic (exact) mass is 387 g/mol. The molecule has 1 amide bonds. The van der Waals surface area contributed by atoms with Crippen LogP contribution in [0.4, 0.5) is 0 Å². The third kappa shape index (κ3) is 4.02. The Morgan fingerprint density at radius 2 is 1.88 bits per heavy atom. The smallest absolute Gasteiger partial charge is 0.230 e. The maximum Gasteiger partial charge on any atom is 0.230 e. The quantitative estimate of drug-likeness (QED) is 0.541. The Morgan fingerprint density at radius 3 is 2.54 bits per heavy atom. The number of hydrogen-bond donors (Lipinski definition) is 0. The van der Waals surface area contributed by atoms with E-state index < -0.39 is 0 Å². The van der Waals surface area contributed by atoms with Crippen molar-refractivity contribution in [2.45, 2.75) is 26.3 Å². The van der Waals surface area contributed by atoms with Crippen LogP contribution >= 0.6 is 22.9 Å². The van der Waals surface area contributed by atoms with Gasteiger partial charge in [-0.25, -0.2) is 0 Å². The number of likely N-dealkylation sites (N-methyl/N-ethyl adjacent to an activating group) is 1. The Kier molecular flexibility index (Phi) is 5.84. The molecule has 1 heterocycles. The summed E-state index contributed by atoms with van der Waals surface area (Å²) in [6, 6.07) is 16.0.